The van der Waals surface area contributed by atoms with Crippen molar-refractivity contribution in [2.45, 2.75) is 37.1 Å². The molecule has 0 atom stereocenters. The molecule has 0 radical (unpaired) electrons. The molecule has 1 heterocycles. The highest BCUT2D eigenvalue weighted by atomic mass is 32.2. The van der Waals surface area contributed by atoms with E-state index in [1.54, 1.807) is 38.2 Å². The Hall–Kier alpha value is -3.71. The minimum Gasteiger partial charge on any atom is -0.348 e. The summed E-state index contributed by atoms with van der Waals surface area (Å²) in [6, 6.07) is 24.4. The first-order valence-electron chi connectivity index (χ1n) is 11.1. The largest absolute Gasteiger partial charge is 0.348 e. The number of sulfone groups is 1. The van der Waals surface area contributed by atoms with Gasteiger partial charge in [0, 0.05) is 18.9 Å². The maximum Gasteiger partial charge on any atom is 0.252 e. The smallest absolute Gasteiger partial charge is 0.252 e. The standard InChI is InChI=1S/C27H27N3O3S/c1-20(2)34(32,33)26-11-6-5-10-25(26)27(31)28-18-23-8-3-4-9-24(23)22-14-12-21(13-15-22)19-30-17-7-16-29-30/h3-17,20H,18-19H2,1-2H3,(H,28,31). The fourth-order valence-electron chi connectivity index (χ4n) is 3.75. The first-order valence-corrected chi connectivity index (χ1v) is 12.7. The van der Waals surface area contributed by atoms with E-state index in [0.717, 1.165) is 22.3 Å². The number of nitrogens with zero attached hydrogens (tertiary/aromatic N) is 2. The Bertz CT molecular complexity index is 1380. The van der Waals surface area contributed by atoms with Gasteiger partial charge in [-0.25, -0.2) is 8.42 Å². The van der Waals surface area contributed by atoms with Crippen LogP contribution in [0.2, 0.25) is 0 Å². The van der Waals surface area contributed by atoms with E-state index in [1.165, 1.54) is 6.07 Å². The van der Waals surface area contributed by atoms with Crippen molar-refractivity contribution >= 4 is 15.7 Å². The summed E-state index contributed by atoms with van der Waals surface area (Å²) in [6.07, 6.45) is 3.69. The summed E-state index contributed by atoms with van der Waals surface area (Å²) >= 11 is 0. The second-order valence-electron chi connectivity index (χ2n) is 8.33. The molecule has 0 aliphatic heterocycles. The minimum atomic E-state index is -3.58. The molecule has 1 amide bonds. The van der Waals surface area contributed by atoms with Crippen molar-refractivity contribution in [1.82, 2.24) is 15.1 Å². The van der Waals surface area contributed by atoms with Gasteiger partial charge in [0.05, 0.1) is 22.3 Å². The van der Waals surface area contributed by atoms with Crippen LogP contribution in [0.25, 0.3) is 11.1 Å². The molecule has 34 heavy (non-hydrogen) atoms. The van der Waals surface area contributed by atoms with Crippen LogP contribution >= 0.6 is 0 Å². The quantitative estimate of drug-likeness (QED) is 0.402. The molecule has 1 aromatic heterocycles. The van der Waals surface area contributed by atoms with Crippen LogP contribution in [0.15, 0.2) is 96.2 Å². The third kappa shape index (κ3) is 5.10. The zero-order valence-electron chi connectivity index (χ0n) is 19.2. The lowest BCUT2D eigenvalue weighted by Gasteiger charge is -2.14. The lowest BCUT2D eigenvalue weighted by atomic mass is 9.98. The molecule has 0 unspecified atom stereocenters. The molecule has 0 fully saturated rings. The Kier molecular flexibility index (Phi) is 6.93. The summed E-state index contributed by atoms with van der Waals surface area (Å²) in [5, 5.41) is 6.53. The van der Waals surface area contributed by atoms with E-state index in [1.807, 2.05) is 41.2 Å². The monoisotopic (exact) mass is 473 g/mol. The maximum atomic E-state index is 13.0. The van der Waals surface area contributed by atoms with Crippen LogP contribution in [0.5, 0.6) is 0 Å². The van der Waals surface area contributed by atoms with Gasteiger partial charge in [0.15, 0.2) is 9.84 Å². The summed E-state index contributed by atoms with van der Waals surface area (Å²) in [7, 11) is -3.58. The van der Waals surface area contributed by atoms with Gasteiger partial charge in [-0.3, -0.25) is 9.48 Å². The van der Waals surface area contributed by atoms with Crippen LogP contribution in [0.4, 0.5) is 0 Å². The number of hydrogen-bond acceptors (Lipinski definition) is 4. The zero-order valence-corrected chi connectivity index (χ0v) is 20.0. The van der Waals surface area contributed by atoms with Crippen LogP contribution in [0.3, 0.4) is 0 Å². The summed E-state index contributed by atoms with van der Waals surface area (Å²) in [6.45, 7) is 4.20. The second kappa shape index (κ2) is 10.1. The summed E-state index contributed by atoms with van der Waals surface area (Å²) in [5.74, 6) is -0.413. The molecule has 0 aliphatic rings. The van der Waals surface area contributed by atoms with Gasteiger partial charge in [0.1, 0.15) is 0 Å². The molecule has 1 N–H and O–H groups in total. The van der Waals surface area contributed by atoms with E-state index >= 15 is 0 Å². The highest BCUT2D eigenvalue weighted by Crippen LogP contribution is 2.25. The number of aromatic nitrogens is 2. The average molecular weight is 474 g/mol. The summed E-state index contributed by atoms with van der Waals surface area (Å²) in [4.78, 5) is 13.0. The molecule has 6 nitrogen and oxygen atoms in total. The lowest BCUT2D eigenvalue weighted by molar-refractivity contribution is 0.0947. The number of hydrogen-bond donors (Lipinski definition) is 1. The summed E-state index contributed by atoms with van der Waals surface area (Å²) in [5.41, 5.74) is 4.30. The van der Waals surface area contributed by atoms with Crippen LogP contribution in [0, 0.1) is 0 Å². The number of carbonyl (C=O) groups is 1. The second-order valence-corrected chi connectivity index (χ2v) is 10.8. The van der Waals surface area contributed by atoms with Crippen LogP contribution in [0.1, 0.15) is 35.3 Å². The van der Waals surface area contributed by atoms with Gasteiger partial charge < -0.3 is 5.32 Å². The fourth-order valence-corrected chi connectivity index (χ4v) is 5.00. The Morgan fingerprint density at radius 3 is 2.35 bits per heavy atom. The lowest BCUT2D eigenvalue weighted by Crippen LogP contribution is -2.26. The van der Waals surface area contributed by atoms with Gasteiger partial charge in [-0.05, 0) is 54.3 Å². The van der Waals surface area contributed by atoms with Crippen molar-refractivity contribution in [3.05, 3.63) is 108 Å². The van der Waals surface area contributed by atoms with Crippen molar-refractivity contribution in [2.75, 3.05) is 0 Å². The molecule has 0 spiro atoms. The molecule has 3 aromatic carbocycles. The van der Waals surface area contributed by atoms with Crippen molar-refractivity contribution in [2.24, 2.45) is 0 Å². The summed E-state index contributed by atoms with van der Waals surface area (Å²) < 4.78 is 27.3. The Morgan fingerprint density at radius 1 is 0.941 bits per heavy atom. The molecule has 7 heteroatoms. The molecule has 0 aliphatic carbocycles. The van der Waals surface area contributed by atoms with Crippen molar-refractivity contribution in [1.29, 1.82) is 0 Å². The number of carbonyl (C=O) groups excluding carboxylic acids is 1. The van der Waals surface area contributed by atoms with Crippen LogP contribution < -0.4 is 5.32 Å². The average Bonchev–Trinajstić information content (AvgIpc) is 3.36. The normalized spacial score (nSPS) is 11.5. The number of benzene rings is 3. The van der Waals surface area contributed by atoms with E-state index in [4.69, 9.17) is 0 Å². The van der Waals surface area contributed by atoms with Gasteiger partial charge >= 0.3 is 0 Å². The Labute approximate surface area is 200 Å². The predicted octanol–water partition coefficient (Wildman–Crippen LogP) is 4.71. The van der Waals surface area contributed by atoms with Crippen molar-refractivity contribution < 1.29 is 13.2 Å². The number of nitrogens with one attached hydrogen (secondary N) is 1. The van der Waals surface area contributed by atoms with E-state index in [9.17, 15) is 13.2 Å². The zero-order chi connectivity index (χ0) is 24.1. The van der Waals surface area contributed by atoms with Gasteiger partial charge in [0.25, 0.3) is 5.91 Å². The number of rotatable bonds is 8. The van der Waals surface area contributed by atoms with Crippen molar-refractivity contribution in [3.8, 4) is 11.1 Å². The van der Waals surface area contributed by atoms with E-state index in [0.29, 0.717) is 6.54 Å². The molecule has 0 saturated carbocycles. The third-order valence-corrected chi connectivity index (χ3v) is 7.89. The highest BCUT2D eigenvalue weighted by Gasteiger charge is 2.25. The van der Waals surface area contributed by atoms with E-state index in [2.05, 4.69) is 34.7 Å². The molecule has 4 aromatic rings. The van der Waals surface area contributed by atoms with E-state index < -0.39 is 21.0 Å². The maximum absolute atomic E-state index is 13.0. The number of amides is 1. The van der Waals surface area contributed by atoms with Gasteiger partial charge in [0.2, 0.25) is 0 Å². The molecular formula is C27H27N3O3S. The molecule has 4 rings (SSSR count). The highest BCUT2D eigenvalue weighted by molar-refractivity contribution is 7.92. The Balaban J connectivity index is 1.52. The van der Waals surface area contributed by atoms with Gasteiger partial charge in [-0.1, -0.05) is 60.7 Å². The van der Waals surface area contributed by atoms with Gasteiger partial charge in [-0.2, -0.15) is 5.10 Å². The molecular weight excluding hydrogens is 446 g/mol. The molecule has 0 saturated heterocycles. The Morgan fingerprint density at radius 2 is 1.65 bits per heavy atom. The molecule has 174 valence electrons. The molecule has 0 bridgehead atoms. The van der Waals surface area contributed by atoms with E-state index in [-0.39, 0.29) is 17.0 Å². The topological polar surface area (TPSA) is 81.1 Å². The third-order valence-electron chi connectivity index (χ3n) is 5.68. The van der Waals surface area contributed by atoms with Gasteiger partial charge in [-0.15, -0.1) is 0 Å². The van der Waals surface area contributed by atoms with Crippen LogP contribution in [-0.2, 0) is 22.9 Å². The fraction of sp³-hybridized carbons (Fsp3) is 0.185. The van der Waals surface area contributed by atoms with Crippen LogP contribution in [-0.4, -0.2) is 29.4 Å². The van der Waals surface area contributed by atoms with Crippen molar-refractivity contribution in [3.63, 3.8) is 0 Å². The SMILES string of the molecule is CC(C)S(=O)(=O)c1ccccc1C(=O)NCc1ccccc1-c1ccc(Cn2cccn2)cc1. The first kappa shape index (κ1) is 23.4. The minimum absolute atomic E-state index is 0.0588. The first-order chi connectivity index (χ1) is 16.4. The predicted molar refractivity (Wildman–Crippen MR) is 133 cm³/mol.